The third-order valence-corrected chi connectivity index (χ3v) is 5.57. The molecule has 0 spiro atoms. The van der Waals surface area contributed by atoms with Crippen LogP contribution in [0.15, 0.2) is 17.5 Å². The van der Waals surface area contributed by atoms with Gasteiger partial charge in [0.05, 0.1) is 6.04 Å². The predicted molar refractivity (Wildman–Crippen MR) is 84.9 cm³/mol. The van der Waals surface area contributed by atoms with E-state index in [1.54, 1.807) is 0 Å². The molecule has 1 heterocycles. The van der Waals surface area contributed by atoms with Crippen molar-refractivity contribution in [3.8, 4) is 0 Å². The molecule has 1 atom stereocenters. The average Bonchev–Trinajstić information content (AvgIpc) is 3.09. The van der Waals surface area contributed by atoms with Crippen LogP contribution < -0.4 is 5.32 Å². The van der Waals surface area contributed by atoms with Crippen molar-refractivity contribution in [2.24, 2.45) is 0 Å². The van der Waals surface area contributed by atoms with E-state index in [0.717, 1.165) is 19.6 Å². The second-order valence-electron chi connectivity index (χ2n) is 5.49. The Morgan fingerprint density at radius 1 is 1.26 bits per heavy atom. The topological polar surface area (TPSA) is 15.3 Å². The Kier molecular flexibility index (Phi) is 5.43. The Balaban J connectivity index is 2.34. The molecule has 0 radical (unpaired) electrons. The van der Waals surface area contributed by atoms with E-state index in [-0.39, 0.29) is 0 Å². The average molecular weight is 280 g/mol. The van der Waals surface area contributed by atoms with E-state index in [9.17, 15) is 0 Å². The first-order chi connectivity index (χ1) is 9.28. The minimum absolute atomic E-state index is 0.338. The maximum absolute atomic E-state index is 3.79. The van der Waals surface area contributed by atoms with Crippen molar-refractivity contribution in [3.05, 3.63) is 22.4 Å². The van der Waals surface area contributed by atoms with E-state index < -0.39 is 0 Å². The molecule has 1 aliphatic carbocycles. The van der Waals surface area contributed by atoms with Gasteiger partial charge in [0.2, 0.25) is 0 Å². The van der Waals surface area contributed by atoms with Gasteiger partial charge in [0.1, 0.15) is 0 Å². The van der Waals surface area contributed by atoms with E-state index >= 15 is 0 Å². The standard InChI is InChI=1S/C16H28N2S/c1-4-17-15(14-10-9-13-19-14)16(11-7-8-12-16)18(5-2)6-3/h9-10,13,15,17H,4-8,11-12H2,1-3H3. The molecule has 108 valence electrons. The lowest BCUT2D eigenvalue weighted by Crippen LogP contribution is -2.54. The first kappa shape index (κ1) is 15.0. The molecular weight excluding hydrogens is 252 g/mol. The highest BCUT2D eigenvalue weighted by molar-refractivity contribution is 7.10. The minimum Gasteiger partial charge on any atom is -0.308 e. The van der Waals surface area contributed by atoms with Gasteiger partial charge < -0.3 is 5.32 Å². The quantitative estimate of drug-likeness (QED) is 0.810. The number of nitrogens with zero attached hydrogens (tertiary/aromatic N) is 1. The highest BCUT2D eigenvalue weighted by Gasteiger charge is 2.45. The van der Waals surface area contributed by atoms with Crippen LogP contribution in [0, 0.1) is 0 Å². The number of likely N-dealkylation sites (N-methyl/N-ethyl adjacent to an activating group) is 2. The third kappa shape index (κ3) is 2.88. The number of hydrogen-bond donors (Lipinski definition) is 1. The summed E-state index contributed by atoms with van der Waals surface area (Å²) < 4.78 is 0. The molecular formula is C16H28N2S. The Morgan fingerprint density at radius 2 is 1.95 bits per heavy atom. The normalized spacial score (nSPS) is 20.0. The number of rotatable bonds is 7. The van der Waals surface area contributed by atoms with Crippen LogP contribution >= 0.6 is 11.3 Å². The van der Waals surface area contributed by atoms with Gasteiger partial charge in [-0.3, -0.25) is 4.90 Å². The summed E-state index contributed by atoms with van der Waals surface area (Å²) in [7, 11) is 0. The lowest BCUT2D eigenvalue weighted by molar-refractivity contribution is 0.0645. The Hall–Kier alpha value is -0.380. The molecule has 2 nitrogen and oxygen atoms in total. The SMILES string of the molecule is CCNC(c1cccs1)C1(N(CC)CC)CCCC1. The molecule has 1 N–H and O–H groups in total. The third-order valence-electron chi connectivity index (χ3n) is 4.64. The molecule has 19 heavy (non-hydrogen) atoms. The van der Waals surface area contributed by atoms with E-state index in [0.29, 0.717) is 11.6 Å². The van der Waals surface area contributed by atoms with Gasteiger partial charge in [-0.15, -0.1) is 11.3 Å². The Morgan fingerprint density at radius 3 is 2.42 bits per heavy atom. The monoisotopic (exact) mass is 280 g/mol. The zero-order valence-electron chi connectivity index (χ0n) is 12.6. The zero-order valence-corrected chi connectivity index (χ0v) is 13.4. The van der Waals surface area contributed by atoms with Crippen molar-refractivity contribution in [2.75, 3.05) is 19.6 Å². The highest BCUT2D eigenvalue weighted by atomic mass is 32.1. The fourth-order valence-corrected chi connectivity index (χ4v) is 4.75. The lowest BCUT2D eigenvalue weighted by Gasteiger charge is -2.46. The summed E-state index contributed by atoms with van der Waals surface area (Å²) >= 11 is 1.91. The summed E-state index contributed by atoms with van der Waals surface area (Å²) in [6.07, 6.45) is 5.43. The molecule has 2 rings (SSSR count). The molecule has 1 aliphatic rings. The molecule has 3 heteroatoms. The van der Waals surface area contributed by atoms with Crippen LogP contribution in [0.3, 0.4) is 0 Å². The van der Waals surface area contributed by atoms with Crippen LogP contribution in [0.1, 0.15) is 57.4 Å². The second kappa shape index (κ2) is 6.87. The molecule has 1 aromatic rings. The summed E-state index contributed by atoms with van der Waals surface area (Å²) in [5.41, 5.74) is 0.338. The van der Waals surface area contributed by atoms with Gasteiger partial charge >= 0.3 is 0 Å². The summed E-state index contributed by atoms with van der Waals surface area (Å²) in [5, 5.41) is 6.00. The summed E-state index contributed by atoms with van der Waals surface area (Å²) in [4.78, 5) is 4.21. The molecule has 1 unspecified atom stereocenters. The largest absolute Gasteiger partial charge is 0.308 e. The van der Waals surface area contributed by atoms with Gasteiger partial charge in [0.15, 0.2) is 0 Å². The molecule has 0 amide bonds. The van der Waals surface area contributed by atoms with Gasteiger partial charge in [-0.1, -0.05) is 39.7 Å². The predicted octanol–water partition coefficient (Wildman–Crippen LogP) is 4.05. The molecule has 0 aliphatic heterocycles. The van der Waals surface area contributed by atoms with Crippen LogP contribution in [0.25, 0.3) is 0 Å². The maximum atomic E-state index is 3.79. The first-order valence-corrected chi connectivity index (χ1v) is 8.68. The van der Waals surface area contributed by atoms with E-state index in [1.165, 1.54) is 30.6 Å². The lowest BCUT2D eigenvalue weighted by atomic mass is 9.84. The van der Waals surface area contributed by atoms with Crippen LogP contribution in [0.5, 0.6) is 0 Å². The smallest absolute Gasteiger partial charge is 0.0601 e. The van der Waals surface area contributed by atoms with Crippen LogP contribution in [0.4, 0.5) is 0 Å². The van der Waals surface area contributed by atoms with Crippen molar-refractivity contribution in [2.45, 2.75) is 58.0 Å². The second-order valence-corrected chi connectivity index (χ2v) is 6.47. The van der Waals surface area contributed by atoms with E-state index in [2.05, 4.69) is 48.5 Å². The number of nitrogens with one attached hydrogen (secondary N) is 1. The molecule has 1 fully saturated rings. The number of thiophene rings is 1. The van der Waals surface area contributed by atoms with Crippen molar-refractivity contribution in [1.29, 1.82) is 0 Å². The van der Waals surface area contributed by atoms with Crippen LogP contribution in [-0.4, -0.2) is 30.1 Å². The van der Waals surface area contributed by atoms with Gasteiger partial charge in [-0.2, -0.15) is 0 Å². The minimum atomic E-state index is 0.338. The summed E-state index contributed by atoms with van der Waals surface area (Å²) in [6.45, 7) is 10.2. The van der Waals surface area contributed by atoms with Crippen molar-refractivity contribution in [1.82, 2.24) is 10.2 Å². The molecule has 0 aromatic carbocycles. The van der Waals surface area contributed by atoms with Gasteiger partial charge in [0.25, 0.3) is 0 Å². The maximum Gasteiger partial charge on any atom is 0.0601 e. The molecule has 0 bridgehead atoms. The van der Waals surface area contributed by atoms with E-state index in [1.807, 2.05) is 11.3 Å². The highest BCUT2D eigenvalue weighted by Crippen LogP contribution is 2.45. The van der Waals surface area contributed by atoms with Crippen molar-refractivity contribution in [3.63, 3.8) is 0 Å². The van der Waals surface area contributed by atoms with Gasteiger partial charge in [-0.25, -0.2) is 0 Å². The molecule has 0 saturated heterocycles. The summed E-state index contributed by atoms with van der Waals surface area (Å²) in [5.74, 6) is 0. The Bertz CT molecular complexity index is 351. The zero-order chi connectivity index (χ0) is 13.7. The van der Waals surface area contributed by atoms with Crippen LogP contribution in [0.2, 0.25) is 0 Å². The van der Waals surface area contributed by atoms with E-state index in [4.69, 9.17) is 0 Å². The number of hydrogen-bond acceptors (Lipinski definition) is 3. The fourth-order valence-electron chi connectivity index (χ4n) is 3.84. The van der Waals surface area contributed by atoms with Crippen molar-refractivity contribution < 1.29 is 0 Å². The Labute approximate surface area is 122 Å². The molecule has 1 saturated carbocycles. The van der Waals surface area contributed by atoms with Crippen LogP contribution in [-0.2, 0) is 0 Å². The first-order valence-electron chi connectivity index (χ1n) is 7.80. The van der Waals surface area contributed by atoms with Crippen molar-refractivity contribution >= 4 is 11.3 Å². The fraction of sp³-hybridized carbons (Fsp3) is 0.750. The van der Waals surface area contributed by atoms with Gasteiger partial charge in [0, 0.05) is 10.4 Å². The molecule has 1 aromatic heterocycles. The van der Waals surface area contributed by atoms with Gasteiger partial charge in [-0.05, 0) is 43.9 Å². The summed E-state index contributed by atoms with van der Waals surface area (Å²) in [6, 6.07) is 5.00.